The SMILES string of the molecule is CC(C)c1ccc(NC(=O)N2CCC[C@@H]2C(=O)Nc2ccc(-c3ccc(C(=O)OC(C)(C)C)c(F)c3)cc2)cc1. The minimum absolute atomic E-state index is 0.125. The van der Waals surface area contributed by atoms with Crippen molar-refractivity contribution in [3.63, 3.8) is 0 Å². The summed E-state index contributed by atoms with van der Waals surface area (Å²) < 4.78 is 19.9. The molecule has 3 aromatic carbocycles. The summed E-state index contributed by atoms with van der Waals surface area (Å²) in [5.74, 6) is -1.24. The molecule has 8 heteroatoms. The third-order valence-corrected chi connectivity index (χ3v) is 6.72. The van der Waals surface area contributed by atoms with Gasteiger partial charge in [-0.2, -0.15) is 0 Å². The summed E-state index contributed by atoms with van der Waals surface area (Å²) in [4.78, 5) is 39.8. The Labute approximate surface area is 234 Å². The number of nitrogens with zero attached hydrogens (tertiary/aromatic N) is 1. The fraction of sp³-hybridized carbons (Fsp3) is 0.344. The lowest BCUT2D eigenvalue weighted by Crippen LogP contribution is -2.45. The lowest BCUT2D eigenvalue weighted by molar-refractivity contribution is -0.119. The van der Waals surface area contributed by atoms with Crippen LogP contribution in [0, 0.1) is 5.82 Å². The van der Waals surface area contributed by atoms with E-state index in [1.165, 1.54) is 17.7 Å². The van der Waals surface area contributed by atoms with Crippen LogP contribution in [0.4, 0.5) is 20.6 Å². The van der Waals surface area contributed by atoms with Gasteiger partial charge in [-0.3, -0.25) is 4.79 Å². The van der Waals surface area contributed by atoms with Crippen LogP contribution in [0.3, 0.4) is 0 Å². The first-order chi connectivity index (χ1) is 18.9. The highest BCUT2D eigenvalue weighted by Gasteiger charge is 2.34. The number of likely N-dealkylation sites (tertiary alicyclic amines) is 1. The van der Waals surface area contributed by atoms with Crippen LogP contribution in [-0.2, 0) is 9.53 Å². The molecule has 0 saturated carbocycles. The van der Waals surface area contributed by atoms with Gasteiger partial charge in [-0.15, -0.1) is 0 Å². The number of hydrogen-bond donors (Lipinski definition) is 2. The topological polar surface area (TPSA) is 87.7 Å². The second-order valence-corrected chi connectivity index (χ2v) is 11.3. The Balaban J connectivity index is 1.38. The molecule has 1 heterocycles. The van der Waals surface area contributed by atoms with Crippen LogP contribution in [0.5, 0.6) is 0 Å². The van der Waals surface area contributed by atoms with Crippen LogP contribution in [0.2, 0.25) is 0 Å². The normalized spacial score (nSPS) is 15.2. The van der Waals surface area contributed by atoms with Crippen LogP contribution >= 0.6 is 0 Å². The Morgan fingerprint density at radius 3 is 2.10 bits per heavy atom. The summed E-state index contributed by atoms with van der Waals surface area (Å²) in [5.41, 5.74) is 2.90. The van der Waals surface area contributed by atoms with E-state index in [0.717, 1.165) is 12.0 Å². The fourth-order valence-corrected chi connectivity index (χ4v) is 4.59. The van der Waals surface area contributed by atoms with Crippen molar-refractivity contribution in [3.05, 3.63) is 83.7 Å². The minimum Gasteiger partial charge on any atom is -0.456 e. The lowest BCUT2D eigenvalue weighted by Gasteiger charge is -2.24. The van der Waals surface area contributed by atoms with Crippen molar-refractivity contribution >= 4 is 29.3 Å². The van der Waals surface area contributed by atoms with E-state index in [1.54, 1.807) is 56.0 Å². The Kier molecular flexibility index (Phi) is 8.57. The summed E-state index contributed by atoms with van der Waals surface area (Å²) in [6, 6.07) is 18.2. The molecule has 1 atom stereocenters. The summed E-state index contributed by atoms with van der Waals surface area (Å²) in [6.45, 7) is 9.90. The molecule has 0 radical (unpaired) electrons. The molecule has 210 valence electrons. The highest BCUT2D eigenvalue weighted by molar-refractivity contribution is 5.99. The van der Waals surface area contributed by atoms with Gasteiger partial charge in [0, 0.05) is 17.9 Å². The third-order valence-electron chi connectivity index (χ3n) is 6.72. The number of carbonyl (C=O) groups is 3. The third kappa shape index (κ3) is 7.05. The van der Waals surface area contributed by atoms with E-state index in [-0.39, 0.29) is 17.5 Å². The van der Waals surface area contributed by atoms with Crippen molar-refractivity contribution in [1.82, 2.24) is 4.90 Å². The standard InChI is InChI=1S/C32H36FN3O4/c1-20(2)21-8-13-25(14-9-21)35-31(39)36-18-6-7-28(36)29(37)34-24-15-10-22(11-16-24)23-12-17-26(27(33)19-23)30(38)40-32(3,4)5/h8-17,19-20,28H,6-7,18H2,1-5H3,(H,34,37)(H,35,39)/t28-/m1/s1. The van der Waals surface area contributed by atoms with Crippen molar-refractivity contribution in [2.75, 3.05) is 17.2 Å². The first kappa shape index (κ1) is 28.8. The first-order valence-corrected chi connectivity index (χ1v) is 13.5. The van der Waals surface area contributed by atoms with Crippen LogP contribution in [-0.4, -0.2) is 41.0 Å². The molecule has 0 unspecified atom stereocenters. The molecule has 2 N–H and O–H groups in total. The largest absolute Gasteiger partial charge is 0.456 e. The Bertz CT molecular complexity index is 1380. The zero-order chi connectivity index (χ0) is 29.0. The summed E-state index contributed by atoms with van der Waals surface area (Å²) in [5, 5.41) is 5.79. The molecule has 1 saturated heterocycles. The van der Waals surface area contributed by atoms with E-state index >= 15 is 0 Å². The van der Waals surface area contributed by atoms with Gasteiger partial charge in [-0.05, 0) is 92.6 Å². The monoisotopic (exact) mass is 545 g/mol. The quantitative estimate of drug-likeness (QED) is 0.321. The number of carbonyl (C=O) groups excluding carboxylic acids is 3. The number of esters is 1. The minimum atomic E-state index is -0.721. The molecule has 3 amide bonds. The average Bonchev–Trinajstić information content (AvgIpc) is 3.39. The number of ether oxygens (including phenoxy) is 1. The number of urea groups is 1. The molecule has 0 bridgehead atoms. The van der Waals surface area contributed by atoms with Gasteiger partial charge in [0.2, 0.25) is 5.91 Å². The molecular formula is C32H36FN3O4. The van der Waals surface area contributed by atoms with Crippen LogP contribution in [0.15, 0.2) is 66.7 Å². The van der Waals surface area contributed by atoms with Crippen molar-refractivity contribution < 1.29 is 23.5 Å². The van der Waals surface area contributed by atoms with E-state index < -0.39 is 23.4 Å². The molecule has 3 aromatic rings. The molecule has 0 aliphatic carbocycles. The molecule has 1 aliphatic rings. The van der Waals surface area contributed by atoms with E-state index in [0.29, 0.717) is 35.8 Å². The summed E-state index contributed by atoms with van der Waals surface area (Å²) in [6.07, 6.45) is 1.31. The molecule has 40 heavy (non-hydrogen) atoms. The van der Waals surface area contributed by atoms with Crippen LogP contribution in [0.25, 0.3) is 11.1 Å². The Hall–Kier alpha value is -4.20. The molecule has 0 spiro atoms. The van der Waals surface area contributed by atoms with Crippen molar-refractivity contribution in [1.29, 1.82) is 0 Å². The van der Waals surface area contributed by atoms with Gasteiger partial charge in [0.15, 0.2) is 0 Å². The number of rotatable bonds is 6. The zero-order valence-electron chi connectivity index (χ0n) is 23.6. The second kappa shape index (κ2) is 11.9. The van der Waals surface area contributed by atoms with Gasteiger partial charge < -0.3 is 20.3 Å². The molecule has 0 aromatic heterocycles. The second-order valence-electron chi connectivity index (χ2n) is 11.3. The Morgan fingerprint density at radius 2 is 1.50 bits per heavy atom. The van der Waals surface area contributed by atoms with Crippen molar-refractivity contribution in [2.24, 2.45) is 0 Å². The molecule has 4 rings (SSSR count). The highest BCUT2D eigenvalue weighted by atomic mass is 19.1. The number of hydrogen-bond acceptors (Lipinski definition) is 4. The van der Waals surface area contributed by atoms with E-state index in [1.807, 2.05) is 24.3 Å². The number of nitrogens with one attached hydrogen (secondary N) is 2. The Morgan fingerprint density at radius 1 is 0.900 bits per heavy atom. The maximum Gasteiger partial charge on any atom is 0.341 e. The van der Waals surface area contributed by atoms with E-state index in [2.05, 4.69) is 24.5 Å². The van der Waals surface area contributed by atoms with Gasteiger partial charge in [-0.1, -0.05) is 44.2 Å². The van der Waals surface area contributed by atoms with Gasteiger partial charge in [0.1, 0.15) is 17.5 Å². The molecule has 7 nitrogen and oxygen atoms in total. The molecular weight excluding hydrogens is 509 g/mol. The molecule has 1 aliphatic heterocycles. The maximum atomic E-state index is 14.7. The number of amides is 3. The number of benzene rings is 3. The fourth-order valence-electron chi connectivity index (χ4n) is 4.59. The van der Waals surface area contributed by atoms with E-state index in [9.17, 15) is 18.8 Å². The number of halogens is 1. The summed E-state index contributed by atoms with van der Waals surface area (Å²) >= 11 is 0. The maximum absolute atomic E-state index is 14.7. The van der Waals surface area contributed by atoms with Gasteiger partial charge >= 0.3 is 12.0 Å². The molecule has 1 fully saturated rings. The first-order valence-electron chi connectivity index (χ1n) is 13.5. The zero-order valence-corrected chi connectivity index (χ0v) is 23.6. The number of anilines is 2. The predicted octanol–water partition coefficient (Wildman–Crippen LogP) is 7.21. The van der Waals surface area contributed by atoms with Gasteiger partial charge in [-0.25, -0.2) is 14.0 Å². The van der Waals surface area contributed by atoms with Gasteiger partial charge in [0.05, 0.1) is 5.56 Å². The lowest BCUT2D eigenvalue weighted by atomic mass is 10.0. The van der Waals surface area contributed by atoms with Crippen LogP contribution < -0.4 is 10.6 Å². The van der Waals surface area contributed by atoms with Crippen molar-refractivity contribution in [3.8, 4) is 11.1 Å². The smallest absolute Gasteiger partial charge is 0.341 e. The van der Waals surface area contributed by atoms with Gasteiger partial charge in [0.25, 0.3) is 0 Å². The summed E-state index contributed by atoms with van der Waals surface area (Å²) in [7, 11) is 0. The van der Waals surface area contributed by atoms with Crippen LogP contribution in [0.1, 0.15) is 69.3 Å². The average molecular weight is 546 g/mol. The highest BCUT2D eigenvalue weighted by Crippen LogP contribution is 2.26. The van der Waals surface area contributed by atoms with E-state index in [4.69, 9.17) is 4.74 Å². The van der Waals surface area contributed by atoms with Crippen molar-refractivity contribution in [2.45, 2.75) is 65.0 Å². The predicted molar refractivity (Wildman–Crippen MR) is 155 cm³/mol.